The summed E-state index contributed by atoms with van der Waals surface area (Å²) in [6.07, 6.45) is 1.63. The number of hydrogen-bond donors (Lipinski definition) is 0. The van der Waals surface area contributed by atoms with Crippen LogP contribution < -0.4 is 0 Å². The summed E-state index contributed by atoms with van der Waals surface area (Å²) in [4.78, 5) is 19.5. The minimum absolute atomic E-state index is 0.0805. The highest BCUT2D eigenvalue weighted by atomic mass is 16.5. The SMILES string of the molecule is COC(=O)c1ncc(C)c(-c2ccccc2)n1. The number of hydrogen-bond acceptors (Lipinski definition) is 4. The summed E-state index contributed by atoms with van der Waals surface area (Å²) in [6.45, 7) is 1.91. The Morgan fingerprint density at radius 2 is 1.94 bits per heavy atom. The van der Waals surface area contributed by atoms with Gasteiger partial charge in [-0.15, -0.1) is 0 Å². The van der Waals surface area contributed by atoms with Crippen molar-refractivity contribution in [3.8, 4) is 11.3 Å². The quantitative estimate of drug-likeness (QED) is 0.740. The van der Waals surface area contributed by atoms with Gasteiger partial charge in [-0.3, -0.25) is 0 Å². The standard InChI is InChI=1S/C13H12N2O2/c1-9-8-14-12(13(16)17-2)15-11(9)10-6-4-3-5-7-10/h3-8H,1-2H3. The average molecular weight is 228 g/mol. The zero-order valence-electron chi connectivity index (χ0n) is 9.68. The minimum Gasteiger partial charge on any atom is -0.463 e. The van der Waals surface area contributed by atoms with E-state index in [1.807, 2.05) is 37.3 Å². The lowest BCUT2D eigenvalue weighted by atomic mass is 10.1. The predicted octanol–water partition coefficient (Wildman–Crippen LogP) is 2.24. The lowest BCUT2D eigenvalue weighted by molar-refractivity contribution is 0.0587. The average Bonchev–Trinajstić information content (AvgIpc) is 2.39. The number of methoxy groups -OCH3 is 1. The molecular formula is C13H12N2O2. The third-order valence-corrected chi connectivity index (χ3v) is 2.39. The van der Waals surface area contributed by atoms with Gasteiger partial charge < -0.3 is 4.74 Å². The van der Waals surface area contributed by atoms with E-state index >= 15 is 0 Å². The molecule has 0 bridgehead atoms. The lowest BCUT2D eigenvalue weighted by Gasteiger charge is -2.06. The van der Waals surface area contributed by atoms with Crippen molar-refractivity contribution in [1.29, 1.82) is 0 Å². The Kier molecular flexibility index (Phi) is 3.14. The number of aromatic nitrogens is 2. The summed E-state index contributed by atoms with van der Waals surface area (Å²) < 4.78 is 4.60. The first-order valence-corrected chi connectivity index (χ1v) is 5.19. The van der Waals surface area contributed by atoms with Gasteiger partial charge in [0.1, 0.15) is 0 Å². The van der Waals surface area contributed by atoms with E-state index in [1.165, 1.54) is 7.11 Å². The molecule has 0 saturated carbocycles. The Labute approximate surface area is 99.3 Å². The Bertz CT molecular complexity index is 538. The number of benzene rings is 1. The fraction of sp³-hybridized carbons (Fsp3) is 0.154. The van der Waals surface area contributed by atoms with Gasteiger partial charge in [0.05, 0.1) is 12.8 Å². The molecule has 4 nitrogen and oxygen atoms in total. The molecular weight excluding hydrogens is 216 g/mol. The van der Waals surface area contributed by atoms with Gasteiger partial charge in [-0.05, 0) is 12.5 Å². The van der Waals surface area contributed by atoms with Crippen LogP contribution in [0, 0.1) is 6.92 Å². The van der Waals surface area contributed by atoms with Gasteiger partial charge in [-0.25, -0.2) is 14.8 Å². The first kappa shape index (κ1) is 11.3. The van der Waals surface area contributed by atoms with E-state index in [-0.39, 0.29) is 5.82 Å². The van der Waals surface area contributed by atoms with Crippen molar-refractivity contribution in [1.82, 2.24) is 9.97 Å². The van der Waals surface area contributed by atoms with Crippen LogP contribution in [0.3, 0.4) is 0 Å². The van der Waals surface area contributed by atoms with Crippen LogP contribution in [0.1, 0.15) is 16.2 Å². The smallest absolute Gasteiger partial charge is 0.376 e. The molecule has 0 N–H and O–H groups in total. The normalized spacial score (nSPS) is 10.0. The summed E-state index contributed by atoms with van der Waals surface area (Å²) in [7, 11) is 1.31. The summed E-state index contributed by atoms with van der Waals surface area (Å²) in [5, 5.41) is 0. The van der Waals surface area contributed by atoms with E-state index in [4.69, 9.17) is 0 Å². The molecule has 0 aliphatic carbocycles. The molecule has 0 amide bonds. The van der Waals surface area contributed by atoms with Crippen molar-refractivity contribution in [2.24, 2.45) is 0 Å². The molecule has 0 atom stereocenters. The molecule has 1 aromatic heterocycles. The summed E-state index contributed by atoms with van der Waals surface area (Å²) in [5.74, 6) is -0.445. The number of nitrogens with zero attached hydrogens (tertiary/aromatic N) is 2. The molecule has 2 aromatic rings. The molecule has 0 aliphatic heterocycles. The zero-order valence-corrected chi connectivity index (χ0v) is 9.68. The molecule has 1 heterocycles. The zero-order chi connectivity index (χ0) is 12.3. The molecule has 86 valence electrons. The van der Waals surface area contributed by atoms with Crippen molar-refractivity contribution >= 4 is 5.97 Å². The molecule has 0 saturated heterocycles. The van der Waals surface area contributed by atoms with Gasteiger partial charge in [-0.2, -0.15) is 0 Å². The summed E-state index contributed by atoms with van der Waals surface area (Å²) in [5.41, 5.74) is 2.63. The maximum atomic E-state index is 11.4. The van der Waals surface area contributed by atoms with Crippen molar-refractivity contribution in [2.45, 2.75) is 6.92 Å². The summed E-state index contributed by atoms with van der Waals surface area (Å²) in [6, 6.07) is 9.66. The first-order valence-electron chi connectivity index (χ1n) is 5.19. The van der Waals surface area contributed by atoms with E-state index in [1.54, 1.807) is 6.20 Å². The molecule has 0 spiro atoms. The number of carbonyl (C=O) groups is 1. The number of carbonyl (C=O) groups excluding carboxylic acids is 1. The van der Waals surface area contributed by atoms with Crippen molar-refractivity contribution in [2.75, 3.05) is 7.11 Å². The van der Waals surface area contributed by atoms with E-state index < -0.39 is 5.97 Å². The van der Waals surface area contributed by atoms with Crippen LogP contribution in [0.5, 0.6) is 0 Å². The molecule has 17 heavy (non-hydrogen) atoms. The van der Waals surface area contributed by atoms with E-state index in [9.17, 15) is 4.79 Å². The second-order valence-corrected chi connectivity index (χ2v) is 3.58. The Hall–Kier alpha value is -2.23. The van der Waals surface area contributed by atoms with Crippen LogP contribution in [0.2, 0.25) is 0 Å². The fourth-order valence-corrected chi connectivity index (χ4v) is 1.52. The minimum atomic E-state index is -0.526. The largest absolute Gasteiger partial charge is 0.463 e. The topological polar surface area (TPSA) is 52.1 Å². The highest BCUT2D eigenvalue weighted by Gasteiger charge is 2.12. The van der Waals surface area contributed by atoms with Gasteiger partial charge in [0.2, 0.25) is 5.82 Å². The van der Waals surface area contributed by atoms with Crippen LogP contribution in [0.15, 0.2) is 36.5 Å². The van der Waals surface area contributed by atoms with Crippen molar-refractivity contribution in [3.05, 3.63) is 47.9 Å². The second kappa shape index (κ2) is 4.74. The highest BCUT2D eigenvalue weighted by Crippen LogP contribution is 2.20. The Morgan fingerprint density at radius 1 is 1.24 bits per heavy atom. The molecule has 0 aliphatic rings. The van der Waals surface area contributed by atoms with E-state index in [0.29, 0.717) is 0 Å². The molecule has 2 rings (SSSR count). The van der Waals surface area contributed by atoms with Crippen LogP contribution in [-0.4, -0.2) is 23.0 Å². The monoisotopic (exact) mass is 228 g/mol. The van der Waals surface area contributed by atoms with Gasteiger partial charge in [-0.1, -0.05) is 30.3 Å². The van der Waals surface area contributed by atoms with Crippen molar-refractivity contribution in [3.63, 3.8) is 0 Å². The lowest BCUT2D eigenvalue weighted by Crippen LogP contribution is -2.08. The van der Waals surface area contributed by atoms with Crippen LogP contribution in [0.4, 0.5) is 0 Å². The maximum Gasteiger partial charge on any atom is 0.376 e. The number of esters is 1. The molecule has 4 heteroatoms. The number of ether oxygens (including phenoxy) is 1. The number of rotatable bonds is 2. The van der Waals surface area contributed by atoms with E-state index in [0.717, 1.165) is 16.8 Å². The van der Waals surface area contributed by atoms with Crippen LogP contribution in [0.25, 0.3) is 11.3 Å². The van der Waals surface area contributed by atoms with Crippen LogP contribution >= 0.6 is 0 Å². The number of aryl methyl sites for hydroxylation is 1. The molecule has 0 radical (unpaired) electrons. The highest BCUT2D eigenvalue weighted by molar-refractivity contribution is 5.85. The van der Waals surface area contributed by atoms with E-state index in [2.05, 4.69) is 14.7 Å². The molecule has 1 aromatic carbocycles. The Morgan fingerprint density at radius 3 is 2.59 bits per heavy atom. The predicted molar refractivity (Wildman–Crippen MR) is 63.5 cm³/mol. The second-order valence-electron chi connectivity index (χ2n) is 3.58. The maximum absolute atomic E-state index is 11.4. The third kappa shape index (κ3) is 2.30. The van der Waals surface area contributed by atoms with Gasteiger partial charge in [0.15, 0.2) is 0 Å². The summed E-state index contributed by atoms with van der Waals surface area (Å²) >= 11 is 0. The van der Waals surface area contributed by atoms with Crippen molar-refractivity contribution < 1.29 is 9.53 Å². The Balaban J connectivity index is 2.50. The van der Waals surface area contributed by atoms with Gasteiger partial charge >= 0.3 is 5.97 Å². The molecule has 0 unspecified atom stereocenters. The fourth-order valence-electron chi connectivity index (χ4n) is 1.52. The first-order chi connectivity index (χ1) is 8.22. The molecule has 0 fully saturated rings. The van der Waals surface area contributed by atoms with Gasteiger partial charge in [0, 0.05) is 11.8 Å². The van der Waals surface area contributed by atoms with Crippen LogP contribution in [-0.2, 0) is 4.74 Å². The third-order valence-electron chi connectivity index (χ3n) is 2.39. The van der Waals surface area contributed by atoms with Gasteiger partial charge in [0.25, 0.3) is 0 Å².